The van der Waals surface area contributed by atoms with E-state index in [1.807, 2.05) is 12.1 Å². The molecule has 1 saturated heterocycles. The van der Waals surface area contributed by atoms with E-state index in [-0.39, 0.29) is 23.8 Å². The van der Waals surface area contributed by atoms with Crippen molar-refractivity contribution in [2.24, 2.45) is 0 Å². The van der Waals surface area contributed by atoms with Crippen LogP contribution in [0.1, 0.15) is 5.56 Å². The molecule has 136 valence electrons. The summed E-state index contributed by atoms with van der Waals surface area (Å²) in [7, 11) is 0. The van der Waals surface area contributed by atoms with Gasteiger partial charge in [-0.25, -0.2) is 0 Å². The third kappa shape index (κ3) is 4.18. The number of carbonyl (C=O) groups is 1. The van der Waals surface area contributed by atoms with Gasteiger partial charge in [-0.1, -0.05) is 30.3 Å². The van der Waals surface area contributed by atoms with Gasteiger partial charge in [-0.2, -0.15) is 0 Å². The number of piperazine rings is 1. The number of hydrogen-bond donors (Lipinski definition) is 1. The Morgan fingerprint density at radius 3 is 2.42 bits per heavy atom. The lowest BCUT2D eigenvalue weighted by Gasteiger charge is -2.36. The van der Waals surface area contributed by atoms with Crippen molar-refractivity contribution in [3.05, 3.63) is 64.2 Å². The second-order valence-electron chi connectivity index (χ2n) is 6.37. The Labute approximate surface area is 152 Å². The summed E-state index contributed by atoms with van der Waals surface area (Å²) in [5.41, 5.74) is 2.62. The van der Waals surface area contributed by atoms with Gasteiger partial charge in [0.05, 0.1) is 11.5 Å². The highest BCUT2D eigenvalue weighted by Gasteiger charge is 2.21. The number of aryl methyl sites for hydroxylation is 1. The molecule has 2 aromatic carbocycles. The predicted octanol–water partition coefficient (Wildman–Crippen LogP) is 2.66. The van der Waals surface area contributed by atoms with Crippen molar-refractivity contribution >= 4 is 23.0 Å². The number of hydrogen-bond acceptors (Lipinski definition) is 5. The van der Waals surface area contributed by atoms with Gasteiger partial charge in [0.25, 0.3) is 5.69 Å². The standard InChI is InChI=1S/C19H22N4O3/c1-15-6-2-4-8-17(15)22-12-10-21(11-13-22)14-19(24)20-16-7-3-5-9-18(16)23(25)26/h2-9H,10-14H2,1H3,(H,20,24). The molecule has 0 saturated carbocycles. The smallest absolute Gasteiger partial charge is 0.292 e. The van der Waals surface area contributed by atoms with Crippen LogP contribution in [0.5, 0.6) is 0 Å². The Bertz CT molecular complexity index is 801. The lowest BCUT2D eigenvalue weighted by Crippen LogP contribution is -2.48. The molecule has 0 bridgehead atoms. The van der Waals surface area contributed by atoms with Crippen LogP contribution < -0.4 is 10.2 Å². The summed E-state index contributed by atoms with van der Waals surface area (Å²) < 4.78 is 0. The van der Waals surface area contributed by atoms with Gasteiger partial charge in [0, 0.05) is 37.9 Å². The molecule has 0 spiro atoms. The van der Waals surface area contributed by atoms with E-state index >= 15 is 0 Å². The molecule has 2 aromatic rings. The first-order valence-corrected chi connectivity index (χ1v) is 8.61. The zero-order valence-corrected chi connectivity index (χ0v) is 14.7. The van der Waals surface area contributed by atoms with E-state index in [9.17, 15) is 14.9 Å². The molecule has 1 heterocycles. The maximum atomic E-state index is 12.3. The van der Waals surface area contributed by atoms with Crippen LogP contribution in [0.25, 0.3) is 0 Å². The Balaban J connectivity index is 1.54. The van der Waals surface area contributed by atoms with E-state index in [1.54, 1.807) is 18.2 Å². The third-order valence-corrected chi connectivity index (χ3v) is 4.57. The second kappa shape index (κ2) is 7.97. The number of nitro benzene ring substituents is 1. The van der Waals surface area contributed by atoms with Crippen LogP contribution in [0.2, 0.25) is 0 Å². The Kier molecular flexibility index (Phi) is 5.48. The molecule has 0 atom stereocenters. The first-order valence-electron chi connectivity index (χ1n) is 8.61. The Hall–Kier alpha value is -2.93. The molecular formula is C19H22N4O3. The van der Waals surface area contributed by atoms with E-state index < -0.39 is 4.92 Å². The van der Waals surface area contributed by atoms with Gasteiger partial charge in [0.2, 0.25) is 5.91 Å². The summed E-state index contributed by atoms with van der Waals surface area (Å²) in [6.07, 6.45) is 0. The molecule has 1 aliphatic rings. The average molecular weight is 354 g/mol. The fourth-order valence-corrected chi connectivity index (χ4v) is 3.20. The fourth-order valence-electron chi connectivity index (χ4n) is 3.20. The summed E-state index contributed by atoms with van der Waals surface area (Å²) in [6, 6.07) is 14.5. The van der Waals surface area contributed by atoms with Crippen molar-refractivity contribution in [1.82, 2.24) is 4.90 Å². The highest BCUT2D eigenvalue weighted by molar-refractivity contribution is 5.94. The molecule has 0 aromatic heterocycles. The van der Waals surface area contributed by atoms with Crippen molar-refractivity contribution in [3.8, 4) is 0 Å². The van der Waals surface area contributed by atoms with Crippen LogP contribution in [0, 0.1) is 17.0 Å². The van der Waals surface area contributed by atoms with Gasteiger partial charge in [0.15, 0.2) is 0 Å². The average Bonchev–Trinajstić information content (AvgIpc) is 2.63. The number of nitrogens with one attached hydrogen (secondary N) is 1. The molecule has 0 unspecified atom stereocenters. The zero-order chi connectivity index (χ0) is 18.5. The lowest BCUT2D eigenvalue weighted by atomic mass is 10.1. The molecule has 0 radical (unpaired) electrons. The molecule has 7 nitrogen and oxygen atoms in total. The van der Waals surface area contributed by atoms with Crippen molar-refractivity contribution in [2.75, 3.05) is 42.9 Å². The largest absolute Gasteiger partial charge is 0.369 e. The minimum atomic E-state index is -0.490. The molecule has 3 rings (SSSR count). The van der Waals surface area contributed by atoms with Crippen LogP contribution in [-0.4, -0.2) is 48.5 Å². The minimum absolute atomic E-state index is 0.0924. The normalized spacial score (nSPS) is 14.9. The Morgan fingerprint density at radius 2 is 1.73 bits per heavy atom. The number of carbonyl (C=O) groups excluding carboxylic acids is 1. The van der Waals surface area contributed by atoms with Gasteiger partial charge in [-0.05, 0) is 24.6 Å². The number of nitrogens with zero attached hydrogens (tertiary/aromatic N) is 3. The lowest BCUT2D eigenvalue weighted by molar-refractivity contribution is -0.383. The van der Waals surface area contributed by atoms with Crippen LogP contribution >= 0.6 is 0 Å². The summed E-state index contributed by atoms with van der Waals surface area (Å²) in [5.74, 6) is -0.233. The van der Waals surface area contributed by atoms with Crippen molar-refractivity contribution in [3.63, 3.8) is 0 Å². The summed E-state index contributed by atoms with van der Waals surface area (Å²) in [4.78, 5) is 27.2. The van der Waals surface area contributed by atoms with Crippen molar-refractivity contribution < 1.29 is 9.72 Å². The molecule has 1 amide bonds. The molecule has 7 heteroatoms. The number of amides is 1. The van der Waals surface area contributed by atoms with Gasteiger partial charge < -0.3 is 10.2 Å². The maximum absolute atomic E-state index is 12.3. The summed E-state index contributed by atoms with van der Waals surface area (Å²) in [6.45, 7) is 5.58. The first kappa shape index (κ1) is 17.9. The fraction of sp³-hybridized carbons (Fsp3) is 0.316. The predicted molar refractivity (Wildman–Crippen MR) is 102 cm³/mol. The van der Waals surface area contributed by atoms with Gasteiger partial charge >= 0.3 is 0 Å². The number of anilines is 2. The molecule has 1 aliphatic heterocycles. The van der Waals surface area contributed by atoms with E-state index in [2.05, 4.69) is 34.2 Å². The van der Waals surface area contributed by atoms with Crippen molar-refractivity contribution in [1.29, 1.82) is 0 Å². The second-order valence-corrected chi connectivity index (χ2v) is 6.37. The third-order valence-electron chi connectivity index (χ3n) is 4.57. The number of rotatable bonds is 5. The molecule has 1 N–H and O–H groups in total. The molecule has 0 aliphatic carbocycles. The van der Waals surface area contributed by atoms with Gasteiger partial charge in [-0.3, -0.25) is 19.8 Å². The quantitative estimate of drug-likeness (QED) is 0.660. The molecular weight excluding hydrogens is 332 g/mol. The minimum Gasteiger partial charge on any atom is -0.369 e. The van der Waals surface area contributed by atoms with E-state index in [0.29, 0.717) is 0 Å². The highest BCUT2D eigenvalue weighted by Crippen LogP contribution is 2.23. The number of para-hydroxylation sites is 3. The van der Waals surface area contributed by atoms with Crippen LogP contribution in [0.4, 0.5) is 17.1 Å². The Morgan fingerprint density at radius 1 is 1.08 bits per heavy atom. The first-order chi connectivity index (χ1) is 12.5. The maximum Gasteiger partial charge on any atom is 0.292 e. The van der Waals surface area contributed by atoms with E-state index in [4.69, 9.17) is 0 Å². The van der Waals surface area contributed by atoms with E-state index in [1.165, 1.54) is 17.3 Å². The molecule has 1 fully saturated rings. The van der Waals surface area contributed by atoms with Gasteiger partial charge in [-0.15, -0.1) is 0 Å². The SMILES string of the molecule is Cc1ccccc1N1CCN(CC(=O)Nc2ccccc2[N+](=O)[O-])CC1. The molecule has 26 heavy (non-hydrogen) atoms. The summed E-state index contributed by atoms with van der Waals surface area (Å²) in [5, 5.41) is 13.7. The monoisotopic (exact) mass is 354 g/mol. The number of nitro groups is 1. The van der Waals surface area contributed by atoms with Crippen LogP contribution in [0.15, 0.2) is 48.5 Å². The number of benzene rings is 2. The zero-order valence-electron chi connectivity index (χ0n) is 14.7. The van der Waals surface area contributed by atoms with Crippen LogP contribution in [-0.2, 0) is 4.79 Å². The van der Waals surface area contributed by atoms with Gasteiger partial charge in [0.1, 0.15) is 5.69 Å². The highest BCUT2D eigenvalue weighted by atomic mass is 16.6. The van der Waals surface area contributed by atoms with Crippen molar-refractivity contribution in [2.45, 2.75) is 6.92 Å². The summed E-state index contributed by atoms with van der Waals surface area (Å²) >= 11 is 0. The van der Waals surface area contributed by atoms with Crippen LogP contribution in [0.3, 0.4) is 0 Å². The van der Waals surface area contributed by atoms with E-state index in [0.717, 1.165) is 26.2 Å². The topological polar surface area (TPSA) is 78.7 Å².